The fourth-order valence-electron chi connectivity index (χ4n) is 7.38. The second kappa shape index (κ2) is 11.7. The summed E-state index contributed by atoms with van der Waals surface area (Å²) >= 11 is 0. The number of para-hydroxylation sites is 1. The standard InChI is InChI=1S/C36H43N5O3/c1-24-32(28-10-6-7-11-30(28)38-24)33-29(35(33,2)3)21-31(42)41(23-25-9-8-18-37-22-25)36(16-19-40(4)20-17-36)34(43)39-26-12-14-27(44-5)15-13-26/h6-15,18,22,29,33,38H,16-17,19-21,23H2,1-5H3,(H,39,43). The highest BCUT2D eigenvalue weighted by Crippen LogP contribution is 2.67. The Morgan fingerprint density at radius 3 is 2.48 bits per heavy atom. The number of benzene rings is 2. The molecule has 1 saturated heterocycles. The molecular formula is C36H43N5O3. The van der Waals surface area contributed by atoms with E-state index >= 15 is 0 Å². The van der Waals surface area contributed by atoms with E-state index in [1.54, 1.807) is 19.5 Å². The van der Waals surface area contributed by atoms with Crippen LogP contribution in [0, 0.1) is 18.3 Å². The van der Waals surface area contributed by atoms with Crippen LogP contribution in [0.5, 0.6) is 5.75 Å². The number of methoxy groups -OCH3 is 1. The molecule has 2 atom stereocenters. The number of carbonyl (C=O) groups excluding carboxylic acids is 2. The first-order valence-electron chi connectivity index (χ1n) is 15.5. The van der Waals surface area contributed by atoms with Crippen molar-refractivity contribution >= 4 is 28.4 Å². The highest BCUT2D eigenvalue weighted by Gasteiger charge is 2.60. The second-order valence-corrected chi connectivity index (χ2v) is 13.2. The average Bonchev–Trinajstić information content (AvgIpc) is 3.37. The minimum atomic E-state index is -0.995. The number of pyridine rings is 1. The average molecular weight is 594 g/mol. The predicted octanol–water partition coefficient (Wildman–Crippen LogP) is 6.14. The monoisotopic (exact) mass is 593 g/mol. The molecule has 8 heteroatoms. The summed E-state index contributed by atoms with van der Waals surface area (Å²) in [5.74, 6) is 1.01. The minimum Gasteiger partial charge on any atom is -0.497 e. The van der Waals surface area contributed by atoms with Gasteiger partial charge in [0.1, 0.15) is 11.3 Å². The van der Waals surface area contributed by atoms with Gasteiger partial charge in [-0.05, 0) is 91.6 Å². The summed E-state index contributed by atoms with van der Waals surface area (Å²) in [6, 6.07) is 19.6. The highest BCUT2D eigenvalue weighted by atomic mass is 16.5. The lowest BCUT2D eigenvalue weighted by molar-refractivity contribution is -0.150. The van der Waals surface area contributed by atoms with Crippen molar-refractivity contribution in [1.82, 2.24) is 19.8 Å². The second-order valence-electron chi connectivity index (χ2n) is 13.2. The van der Waals surface area contributed by atoms with Gasteiger partial charge < -0.3 is 24.8 Å². The van der Waals surface area contributed by atoms with E-state index in [0.29, 0.717) is 31.5 Å². The van der Waals surface area contributed by atoms with Gasteiger partial charge in [-0.3, -0.25) is 14.6 Å². The predicted molar refractivity (Wildman–Crippen MR) is 174 cm³/mol. The van der Waals surface area contributed by atoms with E-state index in [2.05, 4.69) is 72.3 Å². The van der Waals surface area contributed by atoms with Crippen LogP contribution in [0.15, 0.2) is 73.1 Å². The lowest BCUT2D eigenvalue weighted by Gasteiger charge is -2.47. The number of carbonyl (C=O) groups is 2. The Labute approximate surface area is 259 Å². The van der Waals surface area contributed by atoms with Gasteiger partial charge in [0.15, 0.2) is 0 Å². The third-order valence-electron chi connectivity index (χ3n) is 10.2. The van der Waals surface area contributed by atoms with Gasteiger partial charge in [0, 0.05) is 60.7 Å². The van der Waals surface area contributed by atoms with Crippen LogP contribution in [0.1, 0.15) is 55.8 Å². The molecule has 0 radical (unpaired) electrons. The van der Waals surface area contributed by atoms with Crippen molar-refractivity contribution in [2.75, 3.05) is 32.6 Å². The SMILES string of the molecule is COc1ccc(NC(=O)C2(N(Cc3cccnc3)C(=O)CC3C(c4c(C)[nH]c5ccccc45)C3(C)C)CCN(C)CC2)cc1. The van der Waals surface area contributed by atoms with Gasteiger partial charge in [0.05, 0.1) is 7.11 Å². The molecule has 2 aromatic carbocycles. The van der Waals surface area contributed by atoms with Crippen LogP contribution in [0.3, 0.4) is 0 Å². The number of amides is 2. The van der Waals surface area contributed by atoms with Crippen molar-refractivity contribution in [2.45, 2.75) is 58.0 Å². The molecule has 2 fully saturated rings. The van der Waals surface area contributed by atoms with Crippen molar-refractivity contribution < 1.29 is 14.3 Å². The van der Waals surface area contributed by atoms with Crippen molar-refractivity contribution in [2.24, 2.45) is 11.3 Å². The van der Waals surface area contributed by atoms with E-state index in [4.69, 9.17) is 4.74 Å². The minimum absolute atomic E-state index is 0.0151. The van der Waals surface area contributed by atoms with Crippen molar-refractivity contribution in [3.8, 4) is 5.75 Å². The molecule has 0 bridgehead atoms. The van der Waals surface area contributed by atoms with E-state index in [1.807, 2.05) is 41.3 Å². The van der Waals surface area contributed by atoms with E-state index < -0.39 is 5.54 Å². The highest BCUT2D eigenvalue weighted by molar-refractivity contribution is 6.01. The van der Waals surface area contributed by atoms with Crippen LogP contribution in [0.2, 0.25) is 0 Å². The lowest BCUT2D eigenvalue weighted by atomic mass is 9.83. The smallest absolute Gasteiger partial charge is 0.250 e. The first-order chi connectivity index (χ1) is 21.1. The maximum atomic E-state index is 14.7. The number of hydrogen-bond acceptors (Lipinski definition) is 5. The number of nitrogens with zero attached hydrogens (tertiary/aromatic N) is 3. The Morgan fingerprint density at radius 1 is 1.07 bits per heavy atom. The number of aromatic amines is 1. The third kappa shape index (κ3) is 5.47. The first kappa shape index (κ1) is 29.9. The summed E-state index contributed by atoms with van der Waals surface area (Å²) in [4.78, 5) is 41.0. The zero-order chi connectivity index (χ0) is 31.1. The lowest BCUT2D eigenvalue weighted by Crippen LogP contribution is -2.62. The number of fused-ring (bicyclic) bond motifs is 1. The van der Waals surface area contributed by atoms with Crippen LogP contribution in [0.4, 0.5) is 5.69 Å². The first-order valence-corrected chi connectivity index (χ1v) is 15.5. The zero-order valence-corrected chi connectivity index (χ0v) is 26.4. The largest absolute Gasteiger partial charge is 0.497 e. The van der Waals surface area contributed by atoms with Gasteiger partial charge in [0.25, 0.3) is 0 Å². The van der Waals surface area contributed by atoms with Crippen molar-refractivity contribution in [3.63, 3.8) is 0 Å². The number of hydrogen-bond donors (Lipinski definition) is 2. The van der Waals surface area contributed by atoms with Crippen molar-refractivity contribution in [1.29, 1.82) is 0 Å². The van der Waals surface area contributed by atoms with Gasteiger partial charge in [-0.2, -0.15) is 0 Å². The molecule has 8 nitrogen and oxygen atoms in total. The van der Waals surface area contributed by atoms with E-state index in [9.17, 15) is 9.59 Å². The van der Waals surface area contributed by atoms with Crippen molar-refractivity contribution in [3.05, 3.63) is 89.9 Å². The molecular weight excluding hydrogens is 550 g/mol. The summed E-state index contributed by atoms with van der Waals surface area (Å²) in [6.45, 7) is 8.44. The molecule has 44 heavy (non-hydrogen) atoms. The van der Waals surface area contributed by atoms with Crippen LogP contribution in [-0.2, 0) is 16.1 Å². The molecule has 0 spiro atoms. The number of aryl methyl sites for hydroxylation is 1. The number of nitrogens with one attached hydrogen (secondary N) is 2. The molecule has 1 saturated carbocycles. The molecule has 4 aromatic rings. The van der Waals surface area contributed by atoms with E-state index in [1.165, 1.54) is 10.9 Å². The third-order valence-corrected chi connectivity index (χ3v) is 10.2. The molecule has 6 rings (SSSR count). The molecule has 2 N–H and O–H groups in total. The summed E-state index contributed by atoms with van der Waals surface area (Å²) in [6.07, 6.45) is 5.01. The molecule has 3 heterocycles. The Kier molecular flexibility index (Phi) is 7.97. The number of piperidine rings is 1. The Morgan fingerprint density at radius 2 is 1.80 bits per heavy atom. The maximum absolute atomic E-state index is 14.7. The van der Waals surface area contributed by atoms with Gasteiger partial charge >= 0.3 is 0 Å². The summed E-state index contributed by atoms with van der Waals surface area (Å²) in [5.41, 5.74) is 4.16. The molecule has 2 unspecified atom stereocenters. The molecule has 2 amide bonds. The maximum Gasteiger partial charge on any atom is 0.250 e. The van der Waals surface area contributed by atoms with Gasteiger partial charge in [-0.25, -0.2) is 0 Å². The fraction of sp³-hybridized carbons (Fsp3) is 0.417. The Bertz CT molecular complexity index is 1640. The summed E-state index contributed by atoms with van der Waals surface area (Å²) in [5, 5.41) is 4.39. The Hall–Kier alpha value is -4.17. The van der Waals surface area contributed by atoms with Crippen LogP contribution in [0.25, 0.3) is 10.9 Å². The molecule has 2 aromatic heterocycles. The number of ether oxygens (including phenoxy) is 1. The normalized spacial score (nSPS) is 20.7. The number of likely N-dealkylation sites (tertiary alicyclic amines) is 1. The van der Waals surface area contributed by atoms with Gasteiger partial charge in [0.2, 0.25) is 11.8 Å². The van der Waals surface area contributed by atoms with Crippen LogP contribution in [-0.4, -0.2) is 64.4 Å². The Balaban J connectivity index is 1.33. The van der Waals surface area contributed by atoms with Gasteiger partial charge in [-0.1, -0.05) is 38.1 Å². The van der Waals surface area contributed by atoms with Crippen LogP contribution < -0.4 is 10.1 Å². The van der Waals surface area contributed by atoms with E-state index in [-0.39, 0.29) is 29.1 Å². The zero-order valence-electron chi connectivity index (χ0n) is 26.4. The number of H-pyrrole nitrogens is 1. The molecule has 1 aliphatic heterocycles. The quantitative estimate of drug-likeness (QED) is 0.243. The number of rotatable bonds is 9. The van der Waals surface area contributed by atoms with Gasteiger partial charge in [-0.15, -0.1) is 0 Å². The van der Waals surface area contributed by atoms with Crippen LogP contribution >= 0.6 is 0 Å². The van der Waals surface area contributed by atoms with E-state index in [0.717, 1.165) is 35.6 Å². The summed E-state index contributed by atoms with van der Waals surface area (Å²) < 4.78 is 5.31. The molecule has 230 valence electrons. The molecule has 2 aliphatic rings. The number of anilines is 1. The molecule has 1 aliphatic carbocycles. The fourth-order valence-corrected chi connectivity index (χ4v) is 7.38. The summed E-state index contributed by atoms with van der Waals surface area (Å²) in [7, 11) is 3.69. The number of aromatic nitrogens is 2. The topological polar surface area (TPSA) is 90.6 Å².